The number of rotatable bonds is 10. The van der Waals surface area contributed by atoms with E-state index in [4.69, 9.17) is 4.74 Å². The summed E-state index contributed by atoms with van der Waals surface area (Å²) in [5.41, 5.74) is 1.86. The van der Waals surface area contributed by atoms with Crippen LogP contribution < -0.4 is 0 Å². The summed E-state index contributed by atoms with van der Waals surface area (Å²) < 4.78 is 4.98. The molecule has 0 N–H and O–H groups in total. The van der Waals surface area contributed by atoms with Gasteiger partial charge in [0.05, 0.1) is 11.1 Å². The summed E-state index contributed by atoms with van der Waals surface area (Å²) >= 11 is 0. The number of imide groups is 1. The van der Waals surface area contributed by atoms with Crippen LogP contribution in [-0.2, 0) is 4.74 Å². The Hall–Kier alpha value is -4.32. The first kappa shape index (κ1) is 26.6. The molecule has 212 valence electrons. The number of nitrogens with zero attached hydrogens (tertiary/aromatic N) is 1. The molecular weight excluding hydrogens is 526 g/mol. The molecule has 0 saturated heterocycles. The van der Waals surface area contributed by atoms with E-state index in [1.165, 1.54) is 0 Å². The highest BCUT2D eigenvalue weighted by atomic mass is 16.6. The van der Waals surface area contributed by atoms with Gasteiger partial charge in [-0.1, -0.05) is 83.1 Å². The predicted octanol–water partition coefficient (Wildman–Crippen LogP) is 8.56. The zero-order valence-corrected chi connectivity index (χ0v) is 24.0. The van der Waals surface area contributed by atoms with E-state index in [2.05, 4.69) is 13.8 Å². The van der Waals surface area contributed by atoms with E-state index in [-0.39, 0.29) is 17.9 Å². The average molecular weight is 560 g/mol. The quantitative estimate of drug-likeness (QED) is 0.0428. The number of carbonyl (C=O) groups is 4. The molecule has 0 saturated carbocycles. The topological polar surface area (TPSA) is 80.8 Å². The smallest absolute Gasteiger partial charge is 0.346 e. The number of hydrogen-bond donors (Lipinski definition) is 0. The Kier molecular flexibility index (Phi) is 6.45. The van der Waals surface area contributed by atoms with Crippen molar-refractivity contribution in [1.82, 2.24) is 4.90 Å². The molecule has 0 aromatic heterocycles. The number of unbranched alkanes of at least 4 members (excludes halogenated alkanes) is 5. The van der Waals surface area contributed by atoms with Crippen molar-refractivity contribution in [3.63, 3.8) is 0 Å². The first-order valence-electron chi connectivity index (χ1n) is 15.3. The minimum absolute atomic E-state index is 0.113. The van der Waals surface area contributed by atoms with Crippen LogP contribution in [0.25, 0.3) is 43.1 Å². The maximum absolute atomic E-state index is 14.2. The Morgan fingerprint density at radius 1 is 0.524 bits per heavy atom. The molecule has 6 heteroatoms. The second-order valence-corrected chi connectivity index (χ2v) is 11.8. The molecule has 1 atom stereocenters. The van der Waals surface area contributed by atoms with E-state index < -0.39 is 11.9 Å². The number of hydrogen-bond acceptors (Lipinski definition) is 5. The number of fused-ring (bicyclic) bond motifs is 2. The van der Waals surface area contributed by atoms with E-state index in [9.17, 15) is 19.2 Å². The van der Waals surface area contributed by atoms with Crippen LogP contribution in [0.4, 0.5) is 0 Å². The van der Waals surface area contributed by atoms with E-state index >= 15 is 0 Å². The highest BCUT2D eigenvalue weighted by Crippen LogP contribution is 2.46. The zero-order chi connectivity index (χ0) is 29.1. The molecule has 2 aliphatic rings. The average Bonchev–Trinajstić information content (AvgIpc) is 2.99. The van der Waals surface area contributed by atoms with Crippen LogP contribution in [0.15, 0.2) is 48.5 Å². The Morgan fingerprint density at radius 2 is 0.929 bits per heavy atom. The fourth-order valence-corrected chi connectivity index (χ4v) is 7.30. The van der Waals surface area contributed by atoms with Crippen molar-refractivity contribution in [1.29, 1.82) is 0 Å². The van der Waals surface area contributed by atoms with Crippen molar-refractivity contribution >= 4 is 66.8 Å². The highest BCUT2D eigenvalue weighted by molar-refractivity contribution is 6.40. The van der Waals surface area contributed by atoms with Crippen LogP contribution in [0.5, 0.6) is 0 Å². The lowest BCUT2D eigenvalue weighted by atomic mass is 9.82. The Labute approximate surface area is 243 Å². The third kappa shape index (κ3) is 3.77. The lowest BCUT2D eigenvalue weighted by Gasteiger charge is -2.35. The van der Waals surface area contributed by atoms with Gasteiger partial charge in [-0.25, -0.2) is 9.59 Å². The van der Waals surface area contributed by atoms with Crippen LogP contribution in [-0.4, -0.2) is 34.7 Å². The standard InChI is InChI=1S/C36H33NO5/c1-3-5-7-9-11-20(10-8-6-4-2)37-33(38)25-16-12-21-23-14-18-27-32-28(36(41)42-35(27)40)19-15-24(30(23)32)22-13-17-26(34(37)39)31(25)29(21)22/h12-20H,3-11H2,1-2H3. The number of ether oxygens (including phenoxy) is 1. The van der Waals surface area contributed by atoms with Gasteiger partial charge in [0.2, 0.25) is 0 Å². The minimum Gasteiger partial charge on any atom is -0.386 e. The first-order chi connectivity index (χ1) is 20.5. The molecule has 2 aliphatic heterocycles. The molecule has 2 amide bonds. The summed E-state index contributed by atoms with van der Waals surface area (Å²) in [5.74, 6) is -1.71. The summed E-state index contributed by atoms with van der Waals surface area (Å²) in [7, 11) is 0. The molecule has 5 aromatic carbocycles. The van der Waals surface area contributed by atoms with Crippen molar-refractivity contribution in [2.45, 2.75) is 77.7 Å². The second-order valence-electron chi connectivity index (χ2n) is 11.8. The molecule has 0 radical (unpaired) electrons. The van der Waals surface area contributed by atoms with Crippen LogP contribution in [0.3, 0.4) is 0 Å². The summed E-state index contributed by atoms with van der Waals surface area (Å²) in [6.07, 6.45) is 9.22. The molecule has 6 nitrogen and oxygen atoms in total. The van der Waals surface area contributed by atoms with Gasteiger partial charge in [0.1, 0.15) is 0 Å². The van der Waals surface area contributed by atoms with Crippen LogP contribution in [0, 0.1) is 0 Å². The molecule has 0 spiro atoms. The van der Waals surface area contributed by atoms with Crippen molar-refractivity contribution in [3.8, 4) is 0 Å². The number of esters is 2. The summed E-state index contributed by atoms with van der Waals surface area (Å²) in [4.78, 5) is 55.1. The summed E-state index contributed by atoms with van der Waals surface area (Å²) in [6.45, 7) is 4.35. The highest BCUT2D eigenvalue weighted by Gasteiger charge is 2.38. The maximum Gasteiger partial charge on any atom is 0.346 e. The normalized spacial score (nSPS) is 15.5. The van der Waals surface area contributed by atoms with Gasteiger partial charge in [-0.3, -0.25) is 14.5 Å². The summed E-state index contributed by atoms with van der Waals surface area (Å²) in [5, 5.41) is 6.52. The van der Waals surface area contributed by atoms with Gasteiger partial charge in [0.25, 0.3) is 11.8 Å². The number of amides is 2. The Morgan fingerprint density at radius 3 is 1.40 bits per heavy atom. The first-order valence-corrected chi connectivity index (χ1v) is 15.3. The Balaban J connectivity index is 1.42. The molecule has 2 heterocycles. The molecule has 0 bridgehead atoms. The zero-order valence-electron chi connectivity index (χ0n) is 24.0. The lowest BCUT2D eigenvalue weighted by Crippen LogP contribution is -2.47. The van der Waals surface area contributed by atoms with Crippen LogP contribution in [0.2, 0.25) is 0 Å². The molecule has 7 rings (SSSR count). The molecule has 5 aromatic rings. The van der Waals surface area contributed by atoms with Gasteiger partial charge in [-0.2, -0.15) is 0 Å². The third-order valence-corrected chi connectivity index (χ3v) is 9.32. The molecule has 42 heavy (non-hydrogen) atoms. The van der Waals surface area contributed by atoms with E-state index in [1.807, 2.05) is 36.4 Å². The van der Waals surface area contributed by atoms with Gasteiger partial charge < -0.3 is 4.74 Å². The van der Waals surface area contributed by atoms with Gasteiger partial charge in [-0.05, 0) is 69.4 Å². The van der Waals surface area contributed by atoms with Crippen molar-refractivity contribution < 1.29 is 23.9 Å². The van der Waals surface area contributed by atoms with Gasteiger partial charge in [-0.15, -0.1) is 0 Å². The van der Waals surface area contributed by atoms with Crippen LogP contribution in [0.1, 0.15) is 113 Å². The van der Waals surface area contributed by atoms with Crippen molar-refractivity contribution in [3.05, 3.63) is 70.8 Å². The lowest BCUT2D eigenvalue weighted by molar-refractivity contribution is 0.0389. The maximum atomic E-state index is 14.2. The third-order valence-electron chi connectivity index (χ3n) is 9.32. The summed E-state index contributed by atoms with van der Waals surface area (Å²) in [6, 6.07) is 14.7. The molecule has 0 fully saturated rings. The molecular formula is C36H33NO5. The number of benzene rings is 5. The van der Waals surface area contributed by atoms with Crippen LogP contribution >= 0.6 is 0 Å². The SMILES string of the molecule is CCCCCCC(CCCCC)N1C(=O)c2ccc3c4ccc5c6c(ccc(c7ccc(c2c37)C1=O)c64)C(=O)OC5=O. The fraction of sp³-hybridized carbons (Fsp3) is 0.333. The second kappa shape index (κ2) is 10.2. The Bertz CT molecular complexity index is 1840. The monoisotopic (exact) mass is 559 g/mol. The fourth-order valence-electron chi connectivity index (χ4n) is 7.30. The molecule has 1 unspecified atom stereocenters. The van der Waals surface area contributed by atoms with Crippen molar-refractivity contribution in [2.24, 2.45) is 0 Å². The van der Waals surface area contributed by atoms with Gasteiger partial charge in [0.15, 0.2) is 0 Å². The minimum atomic E-state index is -0.647. The number of carbonyl (C=O) groups excluding carboxylic acids is 4. The van der Waals surface area contributed by atoms with E-state index in [1.54, 1.807) is 17.0 Å². The predicted molar refractivity (Wildman–Crippen MR) is 165 cm³/mol. The van der Waals surface area contributed by atoms with Crippen molar-refractivity contribution in [2.75, 3.05) is 0 Å². The van der Waals surface area contributed by atoms with Gasteiger partial charge in [0, 0.05) is 27.9 Å². The van der Waals surface area contributed by atoms with E-state index in [0.29, 0.717) is 33.0 Å². The van der Waals surface area contributed by atoms with Gasteiger partial charge >= 0.3 is 11.9 Å². The molecule has 0 aliphatic carbocycles. The number of cyclic esters (lactones) is 2. The largest absolute Gasteiger partial charge is 0.386 e. The van der Waals surface area contributed by atoms with E-state index in [0.717, 1.165) is 90.1 Å².